The van der Waals surface area contributed by atoms with Crippen LogP contribution in [0.25, 0.3) is 0 Å². The van der Waals surface area contributed by atoms with Crippen LogP contribution in [0.4, 0.5) is 0 Å². The Bertz CT molecular complexity index is 417. The van der Waals surface area contributed by atoms with Crippen LogP contribution in [0.3, 0.4) is 0 Å². The Kier molecular flexibility index (Phi) is 5.52. The smallest absolute Gasteiger partial charge is 0.0455 e. The summed E-state index contributed by atoms with van der Waals surface area (Å²) in [6.07, 6.45) is 1.14. The lowest BCUT2D eigenvalue weighted by molar-refractivity contribution is 0.128. The van der Waals surface area contributed by atoms with E-state index in [1.54, 1.807) is 0 Å². The summed E-state index contributed by atoms with van der Waals surface area (Å²) in [5.74, 6) is 0.564. The van der Waals surface area contributed by atoms with Gasteiger partial charge in [0.1, 0.15) is 0 Å². The monoisotopic (exact) mass is 300 g/mol. The highest BCUT2D eigenvalue weighted by Crippen LogP contribution is 2.36. The number of benzene rings is 1. The van der Waals surface area contributed by atoms with E-state index in [0.29, 0.717) is 12.0 Å². The fraction of sp³-hybridized carbons (Fsp3) is 0.600. The highest BCUT2D eigenvalue weighted by molar-refractivity contribution is 6.33. The average molecular weight is 301 g/mol. The van der Waals surface area contributed by atoms with Crippen molar-refractivity contribution >= 4 is 23.2 Å². The van der Waals surface area contributed by atoms with Crippen molar-refractivity contribution in [2.24, 2.45) is 5.92 Å². The van der Waals surface area contributed by atoms with Crippen molar-refractivity contribution in [2.45, 2.75) is 26.3 Å². The number of hydrogen-bond donors (Lipinski definition) is 1. The summed E-state index contributed by atoms with van der Waals surface area (Å²) < 4.78 is 0. The maximum atomic E-state index is 6.41. The van der Waals surface area contributed by atoms with Gasteiger partial charge in [0.05, 0.1) is 0 Å². The summed E-state index contributed by atoms with van der Waals surface area (Å²) in [7, 11) is 0. The first kappa shape index (κ1) is 15.1. The Morgan fingerprint density at radius 1 is 1.26 bits per heavy atom. The van der Waals surface area contributed by atoms with Gasteiger partial charge in [-0.25, -0.2) is 0 Å². The Hall–Kier alpha value is -0.280. The van der Waals surface area contributed by atoms with Gasteiger partial charge in [-0.05, 0) is 29.7 Å². The molecule has 19 heavy (non-hydrogen) atoms. The van der Waals surface area contributed by atoms with E-state index in [0.717, 1.165) is 42.6 Å². The third-order valence-electron chi connectivity index (χ3n) is 4.00. The molecule has 0 spiro atoms. The zero-order valence-corrected chi connectivity index (χ0v) is 13.1. The molecule has 0 saturated carbocycles. The van der Waals surface area contributed by atoms with E-state index in [9.17, 15) is 0 Å². The summed E-state index contributed by atoms with van der Waals surface area (Å²) in [6, 6.07) is 6.16. The molecule has 1 unspecified atom stereocenters. The van der Waals surface area contributed by atoms with Crippen LogP contribution in [0.1, 0.15) is 31.9 Å². The van der Waals surface area contributed by atoms with Gasteiger partial charge in [-0.2, -0.15) is 0 Å². The Morgan fingerprint density at radius 3 is 2.58 bits per heavy atom. The SMILES string of the molecule is CCC(C)[C@@H](c1cc(Cl)ccc1Cl)N1CCNCC1. The molecule has 2 nitrogen and oxygen atoms in total. The zero-order valence-electron chi connectivity index (χ0n) is 11.6. The van der Waals surface area contributed by atoms with E-state index in [4.69, 9.17) is 23.2 Å². The molecule has 1 fully saturated rings. The van der Waals surface area contributed by atoms with Crippen LogP contribution in [-0.2, 0) is 0 Å². The quantitative estimate of drug-likeness (QED) is 0.904. The molecule has 0 aliphatic carbocycles. The second-order valence-corrected chi connectivity index (χ2v) is 6.13. The Labute approximate surface area is 126 Å². The van der Waals surface area contributed by atoms with Crippen LogP contribution < -0.4 is 5.32 Å². The van der Waals surface area contributed by atoms with Crippen LogP contribution in [0, 0.1) is 5.92 Å². The molecular formula is C15H22Cl2N2. The molecule has 1 saturated heterocycles. The number of nitrogens with one attached hydrogen (secondary N) is 1. The van der Waals surface area contributed by atoms with Crippen molar-refractivity contribution in [1.82, 2.24) is 10.2 Å². The van der Waals surface area contributed by atoms with Crippen LogP contribution in [0.15, 0.2) is 18.2 Å². The van der Waals surface area contributed by atoms with Gasteiger partial charge in [0, 0.05) is 42.3 Å². The van der Waals surface area contributed by atoms with Crippen molar-refractivity contribution in [3.63, 3.8) is 0 Å². The molecule has 0 aromatic heterocycles. The molecule has 1 aliphatic heterocycles. The minimum absolute atomic E-state index is 0.360. The summed E-state index contributed by atoms with van der Waals surface area (Å²) >= 11 is 12.6. The molecule has 106 valence electrons. The lowest BCUT2D eigenvalue weighted by Crippen LogP contribution is -2.46. The van der Waals surface area contributed by atoms with E-state index in [1.165, 1.54) is 5.56 Å². The predicted octanol–water partition coefficient (Wildman–Crippen LogP) is 3.99. The summed E-state index contributed by atoms with van der Waals surface area (Å²) in [5.41, 5.74) is 1.17. The van der Waals surface area contributed by atoms with Crippen LogP contribution in [-0.4, -0.2) is 31.1 Å². The maximum Gasteiger partial charge on any atom is 0.0455 e. The van der Waals surface area contributed by atoms with E-state index < -0.39 is 0 Å². The van der Waals surface area contributed by atoms with Gasteiger partial charge in [0.15, 0.2) is 0 Å². The van der Waals surface area contributed by atoms with Gasteiger partial charge < -0.3 is 5.32 Å². The van der Waals surface area contributed by atoms with Gasteiger partial charge in [-0.3, -0.25) is 4.90 Å². The molecule has 4 heteroatoms. The molecule has 1 aromatic carbocycles. The highest BCUT2D eigenvalue weighted by atomic mass is 35.5. The Morgan fingerprint density at radius 2 is 1.95 bits per heavy atom. The molecule has 2 rings (SSSR count). The van der Waals surface area contributed by atoms with E-state index in [-0.39, 0.29) is 0 Å². The number of hydrogen-bond acceptors (Lipinski definition) is 2. The van der Waals surface area contributed by atoms with Crippen molar-refractivity contribution in [3.8, 4) is 0 Å². The first-order valence-corrected chi connectivity index (χ1v) is 7.78. The zero-order chi connectivity index (χ0) is 13.8. The topological polar surface area (TPSA) is 15.3 Å². The van der Waals surface area contributed by atoms with Crippen LogP contribution in [0.2, 0.25) is 10.0 Å². The van der Waals surface area contributed by atoms with Crippen molar-refractivity contribution in [1.29, 1.82) is 0 Å². The summed E-state index contributed by atoms with van der Waals surface area (Å²) in [4.78, 5) is 2.53. The average Bonchev–Trinajstić information content (AvgIpc) is 2.44. The molecule has 1 aromatic rings. The maximum absolute atomic E-state index is 6.41. The third kappa shape index (κ3) is 3.63. The van der Waals surface area contributed by atoms with Gasteiger partial charge in [-0.15, -0.1) is 0 Å². The normalized spacial score (nSPS) is 20.2. The minimum atomic E-state index is 0.360. The number of nitrogens with zero attached hydrogens (tertiary/aromatic N) is 1. The molecule has 1 N–H and O–H groups in total. The fourth-order valence-corrected chi connectivity index (χ4v) is 3.20. The van der Waals surface area contributed by atoms with E-state index in [2.05, 4.69) is 24.1 Å². The van der Waals surface area contributed by atoms with Crippen LogP contribution >= 0.6 is 23.2 Å². The fourth-order valence-electron chi connectivity index (χ4n) is 2.79. The lowest BCUT2D eigenvalue weighted by atomic mass is 9.90. The Balaban J connectivity index is 2.33. The van der Waals surface area contributed by atoms with Crippen molar-refractivity contribution in [3.05, 3.63) is 33.8 Å². The number of rotatable bonds is 4. The van der Waals surface area contributed by atoms with Crippen LogP contribution in [0.5, 0.6) is 0 Å². The molecule has 1 aliphatic rings. The molecule has 0 amide bonds. The number of piperazine rings is 1. The molecular weight excluding hydrogens is 279 g/mol. The standard InChI is InChI=1S/C15H22Cl2N2/c1-3-11(2)15(19-8-6-18-7-9-19)13-10-12(16)4-5-14(13)17/h4-5,10-11,15,18H,3,6-9H2,1-2H3/t11?,15-/m0/s1. The minimum Gasteiger partial charge on any atom is -0.314 e. The molecule has 2 atom stereocenters. The largest absolute Gasteiger partial charge is 0.314 e. The van der Waals surface area contributed by atoms with Gasteiger partial charge >= 0.3 is 0 Å². The summed E-state index contributed by atoms with van der Waals surface area (Å²) in [5, 5.41) is 5.00. The van der Waals surface area contributed by atoms with Crippen molar-refractivity contribution in [2.75, 3.05) is 26.2 Å². The molecule has 0 radical (unpaired) electrons. The lowest BCUT2D eigenvalue weighted by Gasteiger charge is -2.38. The highest BCUT2D eigenvalue weighted by Gasteiger charge is 2.28. The first-order chi connectivity index (χ1) is 9.13. The second-order valence-electron chi connectivity index (χ2n) is 5.28. The molecule has 1 heterocycles. The van der Waals surface area contributed by atoms with E-state index >= 15 is 0 Å². The van der Waals surface area contributed by atoms with E-state index in [1.807, 2.05) is 18.2 Å². The van der Waals surface area contributed by atoms with Gasteiger partial charge in [-0.1, -0.05) is 43.5 Å². The molecule has 0 bridgehead atoms. The summed E-state index contributed by atoms with van der Waals surface area (Å²) in [6.45, 7) is 8.76. The first-order valence-electron chi connectivity index (χ1n) is 7.03. The third-order valence-corrected chi connectivity index (χ3v) is 4.58. The number of halogens is 2. The van der Waals surface area contributed by atoms with Gasteiger partial charge in [0.25, 0.3) is 0 Å². The van der Waals surface area contributed by atoms with Crippen molar-refractivity contribution < 1.29 is 0 Å². The predicted molar refractivity (Wildman–Crippen MR) is 83.1 cm³/mol. The second kappa shape index (κ2) is 6.94. The van der Waals surface area contributed by atoms with Gasteiger partial charge in [0.2, 0.25) is 0 Å².